The highest BCUT2D eigenvalue weighted by Crippen LogP contribution is 2.26. The predicted octanol–water partition coefficient (Wildman–Crippen LogP) is 5.05. The summed E-state index contributed by atoms with van der Waals surface area (Å²) in [7, 11) is 0. The van der Waals surface area contributed by atoms with Gasteiger partial charge in [0.15, 0.2) is 0 Å². The average molecular weight is 334 g/mol. The van der Waals surface area contributed by atoms with Crippen LogP contribution in [-0.2, 0) is 6.54 Å². The molecule has 0 radical (unpaired) electrons. The Labute approximate surface area is 129 Å². The molecule has 0 aromatic heterocycles. The van der Waals surface area contributed by atoms with Crippen molar-refractivity contribution < 1.29 is 4.74 Å². The zero-order valence-corrected chi connectivity index (χ0v) is 13.5. The molecule has 0 spiro atoms. The Kier molecular flexibility index (Phi) is 5.62. The van der Waals surface area contributed by atoms with Crippen molar-refractivity contribution in [3.63, 3.8) is 0 Å². The van der Waals surface area contributed by atoms with Crippen LogP contribution in [0.2, 0.25) is 0 Å². The monoisotopic (exact) mass is 333 g/mol. The normalized spacial score (nSPS) is 10.6. The first-order chi connectivity index (χ1) is 9.69. The van der Waals surface area contributed by atoms with Gasteiger partial charge >= 0.3 is 0 Å². The lowest BCUT2D eigenvalue weighted by atomic mass is 10.2. The minimum absolute atomic E-state index is 0.865. The number of hydrogen-bond donors (Lipinski definition) is 1. The van der Waals surface area contributed by atoms with Gasteiger partial charge in [0.25, 0.3) is 0 Å². The van der Waals surface area contributed by atoms with Gasteiger partial charge in [-0.05, 0) is 61.3 Å². The molecular weight excluding hydrogens is 314 g/mol. The first-order valence-corrected chi connectivity index (χ1v) is 7.72. The van der Waals surface area contributed by atoms with Crippen LogP contribution in [0, 0.1) is 6.92 Å². The van der Waals surface area contributed by atoms with Crippen molar-refractivity contribution in [3.05, 3.63) is 58.1 Å². The molecule has 106 valence electrons. The first-order valence-electron chi connectivity index (χ1n) is 6.92. The van der Waals surface area contributed by atoms with Crippen LogP contribution in [-0.4, -0.2) is 6.54 Å². The zero-order valence-electron chi connectivity index (χ0n) is 11.9. The van der Waals surface area contributed by atoms with Gasteiger partial charge in [-0.3, -0.25) is 0 Å². The Balaban J connectivity index is 2.05. The summed E-state index contributed by atoms with van der Waals surface area (Å²) in [5.74, 6) is 1.74. The summed E-state index contributed by atoms with van der Waals surface area (Å²) in [6, 6.07) is 14.2. The number of aryl methyl sites for hydroxylation is 1. The molecule has 3 heteroatoms. The van der Waals surface area contributed by atoms with E-state index in [0.717, 1.165) is 35.5 Å². The van der Waals surface area contributed by atoms with E-state index in [1.807, 2.05) is 30.3 Å². The van der Waals surface area contributed by atoms with E-state index < -0.39 is 0 Å². The molecule has 2 nitrogen and oxygen atoms in total. The van der Waals surface area contributed by atoms with E-state index in [2.05, 4.69) is 47.2 Å². The smallest absolute Gasteiger partial charge is 0.127 e. The fourth-order valence-corrected chi connectivity index (χ4v) is 2.19. The third kappa shape index (κ3) is 4.36. The lowest BCUT2D eigenvalue weighted by molar-refractivity contribution is 0.481. The van der Waals surface area contributed by atoms with Crippen LogP contribution in [0.5, 0.6) is 11.5 Å². The highest BCUT2D eigenvalue weighted by molar-refractivity contribution is 9.10. The van der Waals surface area contributed by atoms with Gasteiger partial charge in [-0.25, -0.2) is 0 Å². The van der Waals surface area contributed by atoms with Crippen LogP contribution in [0.3, 0.4) is 0 Å². The largest absolute Gasteiger partial charge is 0.457 e. The molecule has 0 unspecified atom stereocenters. The average Bonchev–Trinajstić information content (AvgIpc) is 2.44. The number of nitrogens with one attached hydrogen (secondary N) is 1. The number of halogens is 1. The third-order valence-electron chi connectivity index (χ3n) is 3.02. The minimum Gasteiger partial charge on any atom is -0.457 e. The molecule has 2 rings (SSSR count). The number of ether oxygens (including phenoxy) is 1. The molecule has 0 amide bonds. The van der Waals surface area contributed by atoms with Gasteiger partial charge in [-0.1, -0.05) is 35.0 Å². The van der Waals surface area contributed by atoms with Gasteiger partial charge in [-0.2, -0.15) is 0 Å². The van der Waals surface area contributed by atoms with Crippen molar-refractivity contribution in [1.82, 2.24) is 5.32 Å². The first kappa shape index (κ1) is 15.1. The lowest BCUT2D eigenvalue weighted by Gasteiger charge is -2.09. The van der Waals surface area contributed by atoms with E-state index >= 15 is 0 Å². The summed E-state index contributed by atoms with van der Waals surface area (Å²) in [6.07, 6.45) is 1.15. The van der Waals surface area contributed by atoms with Gasteiger partial charge in [0, 0.05) is 11.0 Å². The molecule has 0 saturated carbocycles. The fourth-order valence-electron chi connectivity index (χ4n) is 1.95. The molecule has 2 aromatic rings. The number of benzene rings is 2. The highest BCUT2D eigenvalue weighted by atomic mass is 79.9. The number of hydrogen-bond acceptors (Lipinski definition) is 2. The fraction of sp³-hybridized carbons (Fsp3) is 0.294. The Morgan fingerprint density at radius 1 is 1.10 bits per heavy atom. The van der Waals surface area contributed by atoms with Crippen LogP contribution in [0.25, 0.3) is 0 Å². The Morgan fingerprint density at radius 2 is 1.90 bits per heavy atom. The van der Waals surface area contributed by atoms with E-state index in [-0.39, 0.29) is 0 Å². The Hall–Kier alpha value is -1.32. The maximum atomic E-state index is 5.91. The van der Waals surface area contributed by atoms with E-state index in [0.29, 0.717) is 0 Å². The van der Waals surface area contributed by atoms with Crippen molar-refractivity contribution in [2.24, 2.45) is 0 Å². The minimum atomic E-state index is 0.865. The molecule has 0 aliphatic carbocycles. The van der Waals surface area contributed by atoms with Crippen LogP contribution in [0.4, 0.5) is 0 Å². The molecule has 0 heterocycles. The highest BCUT2D eigenvalue weighted by Gasteiger charge is 2.01. The Bertz CT molecular complexity index is 569. The molecule has 0 aliphatic heterocycles. The molecule has 0 atom stereocenters. The number of rotatable bonds is 6. The maximum Gasteiger partial charge on any atom is 0.127 e. The summed E-state index contributed by atoms with van der Waals surface area (Å²) < 4.78 is 7.01. The zero-order chi connectivity index (χ0) is 14.4. The van der Waals surface area contributed by atoms with Gasteiger partial charge in [0.05, 0.1) is 0 Å². The second-order valence-electron chi connectivity index (χ2n) is 4.84. The van der Waals surface area contributed by atoms with E-state index in [9.17, 15) is 0 Å². The summed E-state index contributed by atoms with van der Waals surface area (Å²) in [6.45, 7) is 6.14. The summed E-state index contributed by atoms with van der Waals surface area (Å²) in [5, 5.41) is 3.40. The quantitative estimate of drug-likeness (QED) is 0.747. The van der Waals surface area contributed by atoms with Crippen molar-refractivity contribution in [3.8, 4) is 11.5 Å². The van der Waals surface area contributed by atoms with Gasteiger partial charge in [-0.15, -0.1) is 0 Å². The van der Waals surface area contributed by atoms with Crippen molar-refractivity contribution in [2.75, 3.05) is 6.54 Å². The Morgan fingerprint density at radius 3 is 2.65 bits per heavy atom. The molecule has 0 fully saturated rings. The molecule has 0 aliphatic rings. The lowest BCUT2D eigenvalue weighted by Crippen LogP contribution is -2.13. The summed E-state index contributed by atoms with van der Waals surface area (Å²) >= 11 is 3.50. The van der Waals surface area contributed by atoms with Crippen molar-refractivity contribution in [2.45, 2.75) is 26.8 Å². The van der Waals surface area contributed by atoms with E-state index in [1.165, 1.54) is 11.1 Å². The standard InChI is InChI=1S/C17H20BrNO/c1-3-9-19-12-14-5-4-6-15(11-14)20-16-7-8-17(18)13(2)10-16/h4-8,10-11,19H,3,9,12H2,1-2H3. The second kappa shape index (κ2) is 7.46. The predicted molar refractivity (Wildman–Crippen MR) is 87.4 cm³/mol. The van der Waals surface area contributed by atoms with Gasteiger partial charge < -0.3 is 10.1 Å². The molecular formula is C17H20BrNO. The molecule has 20 heavy (non-hydrogen) atoms. The van der Waals surface area contributed by atoms with E-state index in [4.69, 9.17) is 4.74 Å². The van der Waals surface area contributed by atoms with Gasteiger partial charge in [0.2, 0.25) is 0 Å². The van der Waals surface area contributed by atoms with Crippen molar-refractivity contribution >= 4 is 15.9 Å². The maximum absolute atomic E-state index is 5.91. The van der Waals surface area contributed by atoms with E-state index in [1.54, 1.807) is 0 Å². The van der Waals surface area contributed by atoms with Gasteiger partial charge in [0.1, 0.15) is 11.5 Å². The van der Waals surface area contributed by atoms with Crippen LogP contribution in [0.15, 0.2) is 46.9 Å². The molecule has 0 bridgehead atoms. The summed E-state index contributed by atoms with van der Waals surface area (Å²) in [5.41, 5.74) is 2.41. The molecule has 1 N–H and O–H groups in total. The third-order valence-corrected chi connectivity index (χ3v) is 3.91. The molecule has 2 aromatic carbocycles. The van der Waals surface area contributed by atoms with Crippen LogP contribution >= 0.6 is 15.9 Å². The molecule has 0 saturated heterocycles. The topological polar surface area (TPSA) is 21.3 Å². The summed E-state index contributed by atoms with van der Waals surface area (Å²) in [4.78, 5) is 0. The van der Waals surface area contributed by atoms with Crippen LogP contribution < -0.4 is 10.1 Å². The van der Waals surface area contributed by atoms with Crippen LogP contribution in [0.1, 0.15) is 24.5 Å². The second-order valence-corrected chi connectivity index (χ2v) is 5.69. The van der Waals surface area contributed by atoms with Crippen molar-refractivity contribution in [1.29, 1.82) is 0 Å². The SMILES string of the molecule is CCCNCc1cccc(Oc2ccc(Br)c(C)c2)c1.